The Morgan fingerprint density at radius 3 is 1.48 bits per heavy atom. The number of carbonyl (C=O) groups is 4. The highest BCUT2D eigenvalue weighted by molar-refractivity contribution is 5.94. The second-order valence-electron chi connectivity index (χ2n) is 18.2. The largest absolute Gasteiger partial charge is 0.480 e. The smallest absolute Gasteiger partial charge is 0.408 e. The minimum atomic E-state index is -1.06. The van der Waals surface area contributed by atoms with Gasteiger partial charge in [0.2, 0.25) is 5.91 Å². The van der Waals surface area contributed by atoms with Crippen molar-refractivity contribution < 1.29 is 38.9 Å². The summed E-state index contributed by atoms with van der Waals surface area (Å²) in [5, 5.41) is 33.8. The van der Waals surface area contributed by atoms with Gasteiger partial charge in [-0.15, -0.1) is 0 Å². The lowest BCUT2D eigenvalue weighted by atomic mass is 9.97. The maximum Gasteiger partial charge on any atom is 0.408 e. The molecule has 4 aromatic rings. The molecule has 0 radical (unpaired) electrons. The Morgan fingerprint density at radius 2 is 1.06 bits per heavy atom. The van der Waals surface area contributed by atoms with Crippen LogP contribution in [-0.4, -0.2) is 76.0 Å². The van der Waals surface area contributed by atoms with E-state index >= 15 is 0 Å². The Balaban J connectivity index is 0.000000348. The van der Waals surface area contributed by atoms with Crippen molar-refractivity contribution >= 4 is 29.9 Å². The Labute approximate surface area is 391 Å². The third-order valence-electron chi connectivity index (χ3n) is 9.92. The number of alkyl carbamates (subject to hydrolysis) is 2. The molecule has 14 nitrogen and oxygen atoms in total. The van der Waals surface area contributed by atoms with Crippen molar-refractivity contribution in [1.29, 1.82) is 5.41 Å². The van der Waals surface area contributed by atoms with E-state index in [1.807, 2.05) is 119 Å². The van der Waals surface area contributed by atoms with Gasteiger partial charge in [0.15, 0.2) is 0 Å². The third-order valence-corrected chi connectivity index (χ3v) is 9.92. The zero-order chi connectivity index (χ0) is 49.1. The molecular weight excluding hydrogens is 837 g/mol. The van der Waals surface area contributed by atoms with Crippen molar-refractivity contribution in [1.82, 2.24) is 16.0 Å². The number of hydrogen-bond acceptors (Lipinski definition) is 9. The molecule has 0 saturated heterocycles. The first-order valence-corrected chi connectivity index (χ1v) is 22.5. The van der Waals surface area contributed by atoms with E-state index in [4.69, 9.17) is 31.5 Å². The SMILES string of the molecule is CC(C)(C)OC(=O)N[C@@H](CO)CCc1ccccc1.CC(C)(C)OC(=O)N[C@H](CCc1ccccc1)C(=O)O.C[C@H](CC[C@H](N)CCc1ccccc1)C(=O)NCc1ccc(C(=N)N)cc1. The zero-order valence-electron chi connectivity index (χ0n) is 39.8. The van der Waals surface area contributed by atoms with Gasteiger partial charge in [-0.2, -0.15) is 0 Å². The van der Waals surface area contributed by atoms with E-state index in [-0.39, 0.29) is 36.4 Å². The van der Waals surface area contributed by atoms with Gasteiger partial charge in [0.05, 0.1) is 12.6 Å². The summed E-state index contributed by atoms with van der Waals surface area (Å²) >= 11 is 0. The number of benzene rings is 4. The molecule has 66 heavy (non-hydrogen) atoms. The summed E-state index contributed by atoms with van der Waals surface area (Å²) in [6.45, 7) is 12.9. The standard InChI is InChI=1S/C22H30N4O.C15H21NO4.C15H23NO3/c1-16(7-13-20(23)14-10-17-5-3-2-4-6-17)22(27)26-15-18-8-11-19(12-9-18)21(24)25;1-15(2,3)20-14(19)16-12(13(17)18)10-9-11-7-5-4-6-8-11;1-15(2,3)19-14(18)16-13(11-17)10-9-12-7-5-4-6-8-12/h2-6,8-9,11-12,16,20H,7,10,13-15,23H2,1H3,(H3,24,25)(H,26,27);4-8,12H,9-10H2,1-3H3,(H,16,19)(H,17,18);4-8,13,17H,9-11H2,1-3H3,(H,16,18)/t16-,20+;12-;13-/m111/s1. The number of rotatable bonds is 20. The number of ether oxygens (including phenoxy) is 2. The van der Waals surface area contributed by atoms with Gasteiger partial charge < -0.3 is 47.1 Å². The number of carbonyl (C=O) groups excluding carboxylic acids is 3. The molecule has 0 spiro atoms. The summed E-state index contributed by atoms with van der Waals surface area (Å²) in [6.07, 6.45) is 4.71. The topological polar surface area (TPSA) is 239 Å². The molecule has 0 aromatic heterocycles. The molecule has 0 aliphatic rings. The summed E-state index contributed by atoms with van der Waals surface area (Å²) in [5.41, 5.74) is 15.7. The monoisotopic (exact) mass is 911 g/mol. The molecule has 4 rings (SSSR count). The van der Waals surface area contributed by atoms with Gasteiger partial charge in [-0.3, -0.25) is 10.2 Å². The van der Waals surface area contributed by atoms with E-state index in [1.54, 1.807) is 32.9 Å². The highest BCUT2D eigenvalue weighted by atomic mass is 16.6. The summed E-state index contributed by atoms with van der Waals surface area (Å²) in [5.74, 6) is -1.04. The van der Waals surface area contributed by atoms with Crippen LogP contribution in [0.4, 0.5) is 9.59 Å². The van der Waals surface area contributed by atoms with Crippen LogP contribution in [0.2, 0.25) is 0 Å². The van der Waals surface area contributed by atoms with E-state index in [1.165, 1.54) is 11.1 Å². The molecule has 4 aromatic carbocycles. The van der Waals surface area contributed by atoms with Gasteiger partial charge in [0, 0.05) is 24.1 Å². The lowest BCUT2D eigenvalue weighted by molar-refractivity contribution is -0.139. The fourth-order valence-electron chi connectivity index (χ4n) is 6.23. The van der Waals surface area contributed by atoms with Gasteiger partial charge in [-0.05, 0) is 115 Å². The van der Waals surface area contributed by atoms with Crippen LogP contribution in [0.5, 0.6) is 0 Å². The van der Waals surface area contributed by atoms with Crippen LogP contribution in [0.1, 0.15) is 108 Å². The average Bonchev–Trinajstić information content (AvgIpc) is 3.27. The molecule has 4 atom stereocenters. The number of amides is 3. The predicted molar refractivity (Wildman–Crippen MR) is 261 cm³/mol. The second kappa shape index (κ2) is 29.3. The molecule has 0 aliphatic carbocycles. The van der Waals surface area contributed by atoms with Gasteiger partial charge in [0.1, 0.15) is 23.1 Å². The van der Waals surface area contributed by atoms with E-state index in [0.717, 1.165) is 43.2 Å². The van der Waals surface area contributed by atoms with Crippen LogP contribution in [0, 0.1) is 11.3 Å². The Hall–Kier alpha value is -6.25. The third kappa shape index (κ3) is 25.9. The van der Waals surface area contributed by atoms with Gasteiger partial charge in [-0.1, -0.05) is 122 Å². The molecule has 0 unspecified atom stereocenters. The minimum absolute atomic E-state index is 0.0425. The Kier molecular flexibility index (Phi) is 24.8. The fraction of sp³-hybridized carbons (Fsp3) is 0.442. The van der Waals surface area contributed by atoms with E-state index in [9.17, 15) is 24.3 Å². The second-order valence-corrected chi connectivity index (χ2v) is 18.2. The van der Waals surface area contributed by atoms with E-state index < -0.39 is 35.4 Å². The minimum Gasteiger partial charge on any atom is -0.480 e. The van der Waals surface area contributed by atoms with Gasteiger partial charge in [0.25, 0.3) is 0 Å². The fourth-order valence-corrected chi connectivity index (χ4v) is 6.23. The molecular formula is C52H74N6O8. The number of aryl methyl sites for hydroxylation is 3. The number of aliphatic hydroxyl groups is 1. The van der Waals surface area contributed by atoms with Crippen molar-refractivity contribution in [2.75, 3.05) is 6.61 Å². The summed E-state index contributed by atoms with van der Waals surface area (Å²) in [7, 11) is 0. The van der Waals surface area contributed by atoms with E-state index in [0.29, 0.717) is 31.4 Å². The van der Waals surface area contributed by atoms with Crippen LogP contribution in [0.3, 0.4) is 0 Å². The molecule has 360 valence electrons. The van der Waals surface area contributed by atoms with Crippen LogP contribution < -0.4 is 27.4 Å². The summed E-state index contributed by atoms with van der Waals surface area (Å²) < 4.78 is 10.2. The molecule has 0 saturated carbocycles. The normalized spacial score (nSPS) is 12.8. The molecule has 10 N–H and O–H groups in total. The van der Waals surface area contributed by atoms with Crippen LogP contribution in [0.25, 0.3) is 0 Å². The maximum absolute atomic E-state index is 12.3. The number of carboxylic acid groups (broad SMARTS) is 1. The number of amidine groups is 1. The maximum atomic E-state index is 12.3. The number of nitrogens with one attached hydrogen (secondary N) is 4. The number of aliphatic hydroxyl groups excluding tert-OH is 1. The lowest BCUT2D eigenvalue weighted by Gasteiger charge is -2.22. The van der Waals surface area contributed by atoms with Gasteiger partial charge >= 0.3 is 18.2 Å². The van der Waals surface area contributed by atoms with Crippen molar-refractivity contribution in [3.8, 4) is 0 Å². The number of carboxylic acids is 1. The van der Waals surface area contributed by atoms with Crippen molar-refractivity contribution in [2.24, 2.45) is 17.4 Å². The van der Waals surface area contributed by atoms with Crippen molar-refractivity contribution in [2.45, 2.75) is 136 Å². The molecule has 0 fully saturated rings. The first-order valence-electron chi connectivity index (χ1n) is 22.5. The van der Waals surface area contributed by atoms with E-state index in [2.05, 4.69) is 28.1 Å². The Morgan fingerprint density at radius 1 is 0.621 bits per heavy atom. The molecule has 14 heteroatoms. The summed E-state index contributed by atoms with van der Waals surface area (Å²) in [4.78, 5) is 46.6. The molecule has 3 amide bonds. The highest BCUT2D eigenvalue weighted by Gasteiger charge is 2.24. The quantitative estimate of drug-likeness (QED) is 0.0313. The molecule has 0 bridgehead atoms. The van der Waals surface area contributed by atoms with Crippen LogP contribution >= 0.6 is 0 Å². The van der Waals surface area contributed by atoms with Gasteiger partial charge in [-0.25, -0.2) is 14.4 Å². The zero-order valence-corrected chi connectivity index (χ0v) is 39.8. The first-order chi connectivity index (χ1) is 31.1. The lowest BCUT2D eigenvalue weighted by Crippen LogP contribution is -2.43. The number of hydrogen-bond donors (Lipinski definition) is 8. The first kappa shape index (κ1) is 55.9. The number of aliphatic carboxylic acids is 1. The van der Waals surface area contributed by atoms with Crippen LogP contribution in [0.15, 0.2) is 115 Å². The summed E-state index contributed by atoms with van der Waals surface area (Å²) in [6, 6.07) is 36.1. The number of nitrogens with two attached hydrogens (primary N) is 2. The molecule has 0 aliphatic heterocycles. The average molecular weight is 911 g/mol. The van der Waals surface area contributed by atoms with Crippen LogP contribution in [-0.2, 0) is 44.9 Å². The number of nitrogen functional groups attached to an aromatic ring is 1. The molecule has 0 heterocycles. The predicted octanol–water partition coefficient (Wildman–Crippen LogP) is 8.07. The Bertz CT molecular complexity index is 2020. The highest BCUT2D eigenvalue weighted by Crippen LogP contribution is 2.14. The van der Waals surface area contributed by atoms with Crippen molar-refractivity contribution in [3.63, 3.8) is 0 Å². The van der Waals surface area contributed by atoms with Crippen molar-refractivity contribution in [3.05, 3.63) is 143 Å².